The van der Waals surface area contributed by atoms with Gasteiger partial charge in [-0.05, 0) is 60.3 Å². The van der Waals surface area contributed by atoms with Crippen molar-refractivity contribution in [3.05, 3.63) is 75.6 Å². The van der Waals surface area contributed by atoms with Gasteiger partial charge in [0, 0.05) is 24.0 Å². The van der Waals surface area contributed by atoms with Gasteiger partial charge in [0.25, 0.3) is 0 Å². The molecule has 0 bridgehead atoms. The maximum atomic E-state index is 11.9. The van der Waals surface area contributed by atoms with Crippen LogP contribution >= 0.6 is 0 Å². The normalized spacial score (nSPS) is 14.1. The molecule has 36 heavy (non-hydrogen) atoms. The molecule has 0 radical (unpaired) electrons. The number of phenolic OH excluding ortho intramolecular Hbond substituents is 1. The highest BCUT2D eigenvalue weighted by atomic mass is 28.4. The summed E-state index contributed by atoms with van der Waals surface area (Å²) in [6.07, 6.45) is 0.457. The van der Waals surface area contributed by atoms with Crippen molar-refractivity contribution in [2.24, 2.45) is 0 Å². The van der Waals surface area contributed by atoms with Crippen LogP contribution in [-0.4, -0.2) is 42.1 Å². The lowest BCUT2D eigenvalue weighted by Crippen LogP contribution is -2.44. The molecule has 0 aliphatic heterocycles. The predicted molar refractivity (Wildman–Crippen MR) is 146 cm³/mol. The number of benzene rings is 2. The molecule has 0 aliphatic carbocycles. The first kappa shape index (κ1) is 27.6. The van der Waals surface area contributed by atoms with Crippen molar-refractivity contribution in [1.82, 2.24) is 10.3 Å². The molecule has 0 amide bonds. The van der Waals surface area contributed by atoms with Crippen LogP contribution in [-0.2, 0) is 22.1 Å². The Morgan fingerprint density at radius 2 is 1.81 bits per heavy atom. The van der Waals surface area contributed by atoms with Crippen LogP contribution in [0.15, 0.2) is 53.3 Å². The van der Waals surface area contributed by atoms with Gasteiger partial charge in [-0.1, -0.05) is 51.1 Å². The second-order valence-electron chi connectivity index (χ2n) is 11.1. The van der Waals surface area contributed by atoms with Gasteiger partial charge in [-0.2, -0.15) is 0 Å². The van der Waals surface area contributed by atoms with E-state index in [0.717, 1.165) is 28.5 Å². The van der Waals surface area contributed by atoms with E-state index < -0.39 is 14.3 Å². The molecular formula is C28H38N2O5Si. The van der Waals surface area contributed by atoms with Crippen LogP contribution in [0.5, 0.6) is 5.75 Å². The van der Waals surface area contributed by atoms with Crippen molar-refractivity contribution in [3.63, 3.8) is 0 Å². The molecule has 8 heteroatoms. The molecule has 2 unspecified atom stereocenters. The molecule has 0 fully saturated rings. The fraction of sp³-hybridized carbons (Fsp3) is 0.429. The first-order valence-electron chi connectivity index (χ1n) is 12.3. The fourth-order valence-electron chi connectivity index (χ4n) is 4.06. The monoisotopic (exact) mass is 510 g/mol. The van der Waals surface area contributed by atoms with E-state index in [4.69, 9.17) is 9.53 Å². The lowest BCUT2D eigenvalue weighted by molar-refractivity contribution is -0.136. The van der Waals surface area contributed by atoms with Crippen molar-refractivity contribution in [2.75, 3.05) is 6.54 Å². The van der Waals surface area contributed by atoms with E-state index in [1.54, 1.807) is 12.1 Å². The number of fused-ring (bicyclic) bond motifs is 1. The zero-order valence-electron chi connectivity index (χ0n) is 22.0. The second-order valence-corrected chi connectivity index (χ2v) is 15.8. The van der Waals surface area contributed by atoms with Gasteiger partial charge in [0.1, 0.15) is 5.75 Å². The Balaban J connectivity index is 1.87. The van der Waals surface area contributed by atoms with Crippen LogP contribution in [0.25, 0.3) is 10.9 Å². The van der Waals surface area contributed by atoms with Gasteiger partial charge >= 0.3 is 5.97 Å². The zero-order chi connectivity index (χ0) is 26.7. The first-order chi connectivity index (χ1) is 16.8. The molecule has 1 heterocycles. The number of carboxylic acid groups (broad SMARTS) is 1. The smallest absolute Gasteiger partial charge is 0.307 e. The quantitative estimate of drug-likeness (QED) is 0.281. The molecule has 0 saturated heterocycles. The molecular weight excluding hydrogens is 472 g/mol. The van der Waals surface area contributed by atoms with E-state index in [2.05, 4.69) is 51.1 Å². The third-order valence-electron chi connectivity index (χ3n) is 7.04. The van der Waals surface area contributed by atoms with Crippen LogP contribution in [0.4, 0.5) is 0 Å². The molecule has 194 valence electrons. The lowest BCUT2D eigenvalue weighted by Gasteiger charge is -2.40. The molecule has 2 aromatic carbocycles. The number of aromatic hydroxyl groups is 1. The fourth-order valence-corrected chi connectivity index (χ4v) is 5.34. The Morgan fingerprint density at radius 3 is 2.47 bits per heavy atom. The third kappa shape index (κ3) is 6.84. The SMILES string of the molecule is CC(Cc1cccc(CC(=O)O)c1)NCC(O[Si](C)(C)C(C)(C)C)c1ccc(O)c2[nH]c(=O)ccc12. The number of aromatic amines is 1. The van der Waals surface area contributed by atoms with Gasteiger partial charge in [-0.3, -0.25) is 9.59 Å². The third-order valence-corrected chi connectivity index (χ3v) is 11.5. The standard InChI is InChI=1S/C28H38N2O5Si/c1-18(14-19-8-7-9-20(15-19)16-26(33)34)29-17-24(35-36(5,6)28(2,3)4)21-10-12-23(31)27-22(21)11-13-25(32)30-27/h7-13,15,18,24,29,31H,14,16-17H2,1-6H3,(H,30,32)(H,33,34). The van der Waals surface area contributed by atoms with Gasteiger partial charge in [-0.25, -0.2) is 0 Å². The number of pyridine rings is 1. The Bertz CT molecular complexity index is 1280. The first-order valence-corrected chi connectivity index (χ1v) is 15.2. The van der Waals surface area contributed by atoms with Gasteiger partial charge in [-0.15, -0.1) is 0 Å². The number of hydrogen-bond donors (Lipinski definition) is 4. The Hall–Kier alpha value is -2.94. The maximum absolute atomic E-state index is 11.9. The lowest BCUT2D eigenvalue weighted by atomic mass is 10.0. The summed E-state index contributed by atoms with van der Waals surface area (Å²) in [5, 5.41) is 23.8. The number of nitrogens with one attached hydrogen (secondary N) is 2. The van der Waals surface area contributed by atoms with Crippen molar-refractivity contribution >= 4 is 25.2 Å². The van der Waals surface area contributed by atoms with Gasteiger partial charge in [0.2, 0.25) is 5.56 Å². The summed E-state index contributed by atoms with van der Waals surface area (Å²) in [4.78, 5) is 25.7. The van der Waals surface area contributed by atoms with Gasteiger partial charge in [0.05, 0.1) is 18.0 Å². The van der Waals surface area contributed by atoms with Gasteiger partial charge in [0.15, 0.2) is 8.32 Å². The van der Waals surface area contributed by atoms with E-state index >= 15 is 0 Å². The molecule has 0 aliphatic rings. The molecule has 7 nitrogen and oxygen atoms in total. The summed E-state index contributed by atoms with van der Waals surface area (Å²) >= 11 is 0. The Kier molecular flexibility index (Phi) is 8.43. The molecule has 1 aromatic heterocycles. The van der Waals surface area contributed by atoms with E-state index in [1.165, 1.54) is 6.07 Å². The number of aliphatic carboxylic acids is 1. The van der Waals surface area contributed by atoms with E-state index in [-0.39, 0.29) is 34.9 Å². The molecule has 3 rings (SSSR count). The molecule has 4 N–H and O–H groups in total. The van der Waals surface area contributed by atoms with Crippen LogP contribution in [0.1, 0.15) is 50.5 Å². The largest absolute Gasteiger partial charge is 0.506 e. The summed E-state index contributed by atoms with van der Waals surface area (Å²) in [6, 6.07) is 14.5. The summed E-state index contributed by atoms with van der Waals surface area (Å²) in [5.41, 5.74) is 2.91. The van der Waals surface area contributed by atoms with E-state index in [9.17, 15) is 14.7 Å². The number of hydrogen-bond acceptors (Lipinski definition) is 5. The van der Waals surface area contributed by atoms with Crippen LogP contribution < -0.4 is 10.9 Å². The maximum Gasteiger partial charge on any atom is 0.307 e. The summed E-state index contributed by atoms with van der Waals surface area (Å²) in [7, 11) is -2.16. The summed E-state index contributed by atoms with van der Waals surface area (Å²) in [5.74, 6) is -0.813. The number of H-pyrrole nitrogens is 1. The highest BCUT2D eigenvalue weighted by molar-refractivity contribution is 6.74. The highest BCUT2D eigenvalue weighted by Gasteiger charge is 2.39. The van der Waals surface area contributed by atoms with Crippen molar-refractivity contribution in [1.29, 1.82) is 0 Å². The number of carbonyl (C=O) groups is 1. The number of carboxylic acids is 1. The summed E-state index contributed by atoms with van der Waals surface area (Å²) in [6.45, 7) is 13.7. The molecule has 0 spiro atoms. The number of aromatic nitrogens is 1. The molecule has 2 atom stereocenters. The average molecular weight is 511 g/mol. The molecule has 0 saturated carbocycles. The van der Waals surface area contributed by atoms with E-state index in [0.29, 0.717) is 12.1 Å². The van der Waals surface area contributed by atoms with Gasteiger partial charge < -0.3 is 24.9 Å². The number of phenols is 1. The van der Waals surface area contributed by atoms with Crippen LogP contribution in [0.3, 0.4) is 0 Å². The van der Waals surface area contributed by atoms with Crippen LogP contribution in [0, 0.1) is 0 Å². The predicted octanol–water partition coefficient (Wildman–Crippen LogP) is 5.14. The topological polar surface area (TPSA) is 112 Å². The Labute approximate surface area is 213 Å². The second kappa shape index (κ2) is 11.0. The minimum absolute atomic E-state index is 0.00246. The number of rotatable bonds is 10. The zero-order valence-corrected chi connectivity index (χ0v) is 23.0. The highest BCUT2D eigenvalue weighted by Crippen LogP contribution is 2.41. The Morgan fingerprint density at radius 1 is 1.11 bits per heavy atom. The molecule has 3 aromatic rings. The van der Waals surface area contributed by atoms with E-state index in [1.807, 2.05) is 30.3 Å². The van der Waals surface area contributed by atoms with Crippen molar-refractivity contribution in [3.8, 4) is 5.75 Å². The minimum Gasteiger partial charge on any atom is -0.506 e. The summed E-state index contributed by atoms with van der Waals surface area (Å²) < 4.78 is 6.87. The average Bonchev–Trinajstić information content (AvgIpc) is 2.76. The van der Waals surface area contributed by atoms with Crippen molar-refractivity contribution < 1.29 is 19.4 Å². The minimum atomic E-state index is -2.16. The van der Waals surface area contributed by atoms with Crippen LogP contribution in [0.2, 0.25) is 18.1 Å². The van der Waals surface area contributed by atoms with Crippen molar-refractivity contribution in [2.45, 2.75) is 70.8 Å².